The van der Waals surface area contributed by atoms with E-state index in [9.17, 15) is 4.79 Å². The highest BCUT2D eigenvalue weighted by Gasteiger charge is 2.02. The van der Waals surface area contributed by atoms with Gasteiger partial charge >= 0.3 is 0 Å². The zero-order valence-electron chi connectivity index (χ0n) is 9.37. The molecule has 1 heterocycles. The molecule has 16 heavy (non-hydrogen) atoms. The quantitative estimate of drug-likeness (QED) is 0.733. The first-order valence-corrected chi connectivity index (χ1v) is 4.99. The van der Waals surface area contributed by atoms with Crippen LogP contribution in [0.25, 0.3) is 0 Å². The summed E-state index contributed by atoms with van der Waals surface area (Å²) in [7, 11) is 0. The van der Waals surface area contributed by atoms with Gasteiger partial charge in [-0.2, -0.15) is 5.26 Å². The number of amides is 1. The van der Waals surface area contributed by atoms with Crippen molar-refractivity contribution in [1.29, 1.82) is 5.26 Å². The van der Waals surface area contributed by atoms with Gasteiger partial charge in [-0.3, -0.25) is 4.79 Å². The average Bonchev–Trinajstić information content (AvgIpc) is 2.24. The molecule has 5 nitrogen and oxygen atoms in total. The number of hydrogen-bond acceptors (Lipinski definition) is 4. The summed E-state index contributed by atoms with van der Waals surface area (Å²) in [6.45, 7) is 4.38. The summed E-state index contributed by atoms with van der Waals surface area (Å²) >= 11 is 0. The van der Waals surface area contributed by atoms with Crippen LogP contribution in [-0.2, 0) is 4.79 Å². The molecule has 0 saturated heterocycles. The molecule has 84 valence electrons. The molecule has 0 saturated carbocycles. The molecule has 5 heteroatoms. The lowest BCUT2D eigenvalue weighted by Gasteiger charge is -2.08. The van der Waals surface area contributed by atoms with Gasteiger partial charge in [-0.05, 0) is 19.1 Å². The largest absolute Gasteiger partial charge is 0.367 e. The summed E-state index contributed by atoms with van der Waals surface area (Å²) in [5.74, 6) is 0.493. The van der Waals surface area contributed by atoms with E-state index in [-0.39, 0.29) is 5.91 Å². The van der Waals surface area contributed by atoms with Gasteiger partial charge in [-0.1, -0.05) is 0 Å². The van der Waals surface area contributed by atoms with Gasteiger partial charge in [0.15, 0.2) is 0 Å². The van der Waals surface area contributed by atoms with Gasteiger partial charge in [0.2, 0.25) is 5.91 Å². The molecule has 0 aliphatic carbocycles. The van der Waals surface area contributed by atoms with E-state index in [1.54, 1.807) is 12.1 Å². The maximum absolute atomic E-state index is 10.6. The zero-order valence-corrected chi connectivity index (χ0v) is 9.37. The van der Waals surface area contributed by atoms with Crippen LogP contribution < -0.4 is 10.6 Å². The number of carbonyl (C=O) groups is 1. The van der Waals surface area contributed by atoms with Gasteiger partial charge in [0.1, 0.15) is 11.9 Å². The van der Waals surface area contributed by atoms with Gasteiger partial charge in [0.05, 0.1) is 5.56 Å². The smallest absolute Gasteiger partial charge is 0.216 e. The van der Waals surface area contributed by atoms with Crippen molar-refractivity contribution in [2.24, 2.45) is 0 Å². The minimum atomic E-state index is -0.0699. The maximum Gasteiger partial charge on any atom is 0.216 e. The summed E-state index contributed by atoms with van der Waals surface area (Å²) in [6.07, 6.45) is 0. The van der Waals surface area contributed by atoms with E-state index in [4.69, 9.17) is 5.26 Å². The number of nitrogens with zero attached hydrogens (tertiary/aromatic N) is 2. The Kier molecular flexibility index (Phi) is 4.28. The normalized spacial score (nSPS) is 9.31. The molecular weight excluding hydrogens is 204 g/mol. The van der Waals surface area contributed by atoms with E-state index in [0.717, 1.165) is 5.69 Å². The Balaban J connectivity index is 2.56. The molecule has 0 radical (unpaired) electrons. The molecule has 0 aliphatic heterocycles. The molecule has 0 unspecified atom stereocenters. The van der Waals surface area contributed by atoms with E-state index in [1.165, 1.54) is 6.92 Å². The summed E-state index contributed by atoms with van der Waals surface area (Å²) < 4.78 is 0. The minimum absolute atomic E-state index is 0.0699. The Morgan fingerprint density at radius 3 is 2.88 bits per heavy atom. The van der Waals surface area contributed by atoms with Crippen molar-refractivity contribution in [3.8, 4) is 6.07 Å². The van der Waals surface area contributed by atoms with Crippen LogP contribution in [0.2, 0.25) is 0 Å². The van der Waals surface area contributed by atoms with E-state index < -0.39 is 0 Å². The van der Waals surface area contributed by atoms with Crippen molar-refractivity contribution in [3.63, 3.8) is 0 Å². The van der Waals surface area contributed by atoms with E-state index >= 15 is 0 Å². The number of anilines is 1. The first-order valence-electron chi connectivity index (χ1n) is 4.99. The fourth-order valence-corrected chi connectivity index (χ4v) is 1.20. The van der Waals surface area contributed by atoms with E-state index in [1.807, 2.05) is 6.92 Å². The number of nitriles is 1. The number of aryl methyl sites for hydroxylation is 1. The van der Waals surface area contributed by atoms with Gasteiger partial charge in [0, 0.05) is 25.7 Å². The molecule has 0 bridgehead atoms. The lowest BCUT2D eigenvalue weighted by molar-refractivity contribution is -0.118. The third-order valence-corrected chi connectivity index (χ3v) is 1.95. The van der Waals surface area contributed by atoms with Gasteiger partial charge in [-0.25, -0.2) is 4.98 Å². The van der Waals surface area contributed by atoms with Crippen LogP contribution >= 0.6 is 0 Å². The number of carbonyl (C=O) groups excluding carboxylic acids is 1. The number of hydrogen-bond donors (Lipinski definition) is 2. The van der Waals surface area contributed by atoms with Crippen molar-refractivity contribution < 1.29 is 4.79 Å². The maximum atomic E-state index is 10.6. The fourth-order valence-electron chi connectivity index (χ4n) is 1.20. The Bertz CT molecular complexity index is 422. The molecule has 1 aromatic rings. The Labute approximate surface area is 94.5 Å². The van der Waals surface area contributed by atoms with Crippen LogP contribution in [0.5, 0.6) is 0 Å². The van der Waals surface area contributed by atoms with Crippen molar-refractivity contribution in [3.05, 3.63) is 23.4 Å². The molecule has 2 N–H and O–H groups in total. The number of rotatable bonds is 4. The molecule has 1 amide bonds. The standard InChI is InChI=1S/C11H14N4O/c1-8-3-4-10(7-12)11(15-8)14-6-5-13-9(2)16/h3-4H,5-6H2,1-2H3,(H,13,16)(H,14,15). The van der Waals surface area contributed by atoms with Crippen molar-refractivity contribution >= 4 is 11.7 Å². The van der Waals surface area contributed by atoms with Crippen molar-refractivity contribution in [1.82, 2.24) is 10.3 Å². The zero-order chi connectivity index (χ0) is 12.0. The molecule has 0 spiro atoms. The SMILES string of the molecule is CC(=O)NCCNc1nc(C)ccc1C#N. The van der Waals surface area contributed by atoms with Crippen LogP contribution in [0.1, 0.15) is 18.2 Å². The second-order valence-corrected chi connectivity index (χ2v) is 3.37. The second kappa shape index (κ2) is 5.71. The monoisotopic (exact) mass is 218 g/mol. The topological polar surface area (TPSA) is 77.8 Å². The minimum Gasteiger partial charge on any atom is -0.367 e. The summed E-state index contributed by atoms with van der Waals surface area (Å²) in [5.41, 5.74) is 1.36. The number of aromatic nitrogens is 1. The highest BCUT2D eigenvalue weighted by Crippen LogP contribution is 2.11. The summed E-state index contributed by atoms with van der Waals surface area (Å²) in [5, 5.41) is 14.5. The van der Waals surface area contributed by atoms with E-state index in [0.29, 0.717) is 24.5 Å². The van der Waals surface area contributed by atoms with E-state index in [2.05, 4.69) is 21.7 Å². The highest BCUT2D eigenvalue weighted by atomic mass is 16.1. The molecule has 0 aliphatic rings. The van der Waals surface area contributed by atoms with Gasteiger partial charge in [-0.15, -0.1) is 0 Å². The average molecular weight is 218 g/mol. The fraction of sp³-hybridized carbons (Fsp3) is 0.364. The summed E-state index contributed by atoms with van der Waals surface area (Å²) in [4.78, 5) is 14.8. The highest BCUT2D eigenvalue weighted by molar-refractivity contribution is 5.72. The lowest BCUT2D eigenvalue weighted by Crippen LogP contribution is -2.26. The molecule has 0 aromatic carbocycles. The first-order chi connectivity index (χ1) is 7.63. The number of nitrogens with one attached hydrogen (secondary N) is 2. The molecule has 0 atom stereocenters. The lowest BCUT2D eigenvalue weighted by atomic mass is 10.2. The molecule has 1 rings (SSSR count). The Morgan fingerprint density at radius 1 is 1.50 bits per heavy atom. The Hall–Kier alpha value is -2.09. The van der Waals surface area contributed by atoms with Crippen LogP contribution in [-0.4, -0.2) is 24.0 Å². The van der Waals surface area contributed by atoms with Crippen molar-refractivity contribution in [2.45, 2.75) is 13.8 Å². The predicted molar refractivity (Wildman–Crippen MR) is 60.9 cm³/mol. The number of pyridine rings is 1. The predicted octanol–water partition coefficient (Wildman–Crippen LogP) is 0.810. The Morgan fingerprint density at radius 2 is 2.25 bits per heavy atom. The van der Waals surface area contributed by atoms with Crippen LogP contribution in [0.3, 0.4) is 0 Å². The molecule has 0 fully saturated rings. The summed E-state index contributed by atoms with van der Waals surface area (Å²) in [6, 6.07) is 5.57. The third kappa shape index (κ3) is 3.58. The van der Waals surface area contributed by atoms with Crippen LogP contribution in [0.15, 0.2) is 12.1 Å². The van der Waals surface area contributed by atoms with Crippen LogP contribution in [0.4, 0.5) is 5.82 Å². The van der Waals surface area contributed by atoms with Gasteiger partial charge in [0.25, 0.3) is 0 Å². The molecule has 1 aromatic heterocycles. The first kappa shape index (κ1) is 12.0. The molecular formula is C11H14N4O. The van der Waals surface area contributed by atoms with Gasteiger partial charge < -0.3 is 10.6 Å². The third-order valence-electron chi connectivity index (χ3n) is 1.95. The van der Waals surface area contributed by atoms with Crippen molar-refractivity contribution in [2.75, 3.05) is 18.4 Å². The second-order valence-electron chi connectivity index (χ2n) is 3.37. The van der Waals surface area contributed by atoms with Crippen LogP contribution in [0, 0.1) is 18.3 Å².